The maximum Gasteiger partial charge on any atom is 0.247 e. The average molecular weight is 410 g/mol. The average Bonchev–Trinajstić information content (AvgIpc) is 3.17. The first-order valence-corrected chi connectivity index (χ1v) is 10.7. The summed E-state index contributed by atoms with van der Waals surface area (Å²) in [5.41, 5.74) is 0.762. The second-order valence-electron chi connectivity index (χ2n) is 9.83. The van der Waals surface area contributed by atoms with Crippen molar-refractivity contribution in [2.45, 2.75) is 71.1 Å². The maximum absolute atomic E-state index is 13.7. The van der Waals surface area contributed by atoms with Crippen LogP contribution in [0, 0.1) is 11.3 Å². The van der Waals surface area contributed by atoms with Crippen LogP contribution < -0.4 is 10.2 Å². The van der Waals surface area contributed by atoms with Gasteiger partial charge in [-0.2, -0.15) is 0 Å². The van der Waals surface area contributed by atoms with Crippen molar-refractivity contribution in [2.75, 3.05) is 4.90 Å². The quantitative estimate of drug-likeness (QED) is 0.778. The number of hydrogen-bond acceptors (Lipinski definition) is 3. The van der Waals surface area contributed by atoms with Crippen molar-refractivity contribution in [3.8, 4) is 0 Å². The Morgan fingerprint density at radius 2 is 2.00 bits per heavy atom. The molecule has 3 aliphatic rings. The fourth-order valence-electron chi connectivity index (χ4n) is 5.80. The van der Waals surface area contributed by atoms with Gasteiger partial charge in [0.1, 0.15) is 18.2 Å². The van der Waals surface area contributed by atoms with E-state index in [4.69, 9.17) is 0 Å². The van der Waals surface area contributed by atoms with Crippen LogP contribution in [0.5, 0.6) is 0 Å². The number of nitrogens with zero attached hydrogens (tertiary/aromatic N) is 2. The number of carbonyl (C=O) groups is 3. The molecule has 6 heteroatoms. The number of carbonyl (C=O) groups excluding carboxylic acids is 3. The molecule has 0 spiro atoms. The molecule has 0 saturated carbocycles. The fraction of sp³-hybridized carbons (Fsp3) is 0.542. The third-order valence-electron chi connectivity index (χ3n) is 7.32. The maximum atomic E-state index is 13.7. The summed E-state index contributed by atoms with van der Waals surface area (Å²) in [6, 6.07) is 6.68. The summed E-state index contributed by atoms with van der Waals surface area (Å²) in [6.45, 7) is 13.8. The number of benzene rings is 1. The van der Waals surface area contributed by atoms with Gasteiger partial charge in [0.2, 0.25) is 17.7 Å². The Balaban J connectivity index is 1.95. The minimum Gasteiger partial charge on any atom is -0.342 e. The van der Waals surface area contributed by atoms with Crippen LogP contribution in [0.3, 0.4) is 0 Å². The van der Waals surface area contributed by atoms with Crippen molar-refractivity contribution in [3.05, 3.63) is 42.5 Å². The molecule has 0 aliphatic carbocycles. The summed E-state index contributed by atoms with van der Waals surface area (Å²) < 4.78 is 0. The number of nitrogens with one attached hydrogen (secondary N) is 1. The zero-order valence-electron chi connectivity index (χ0n) is 18.4. The zero-order valence-corrected chi connectivity index (χ0v) is 18.4. The molecule has 4 atom stereocenters. The van der Waals surface area contributed by atoms with Crippen molar-refractivity contribution in [1.82, 2.24) is 10.2 Å². The molecular formula is C24H31N3O3. The first kappa shape index (κ1) is 20.6. The van der Waals surface area contributed by atoms with Crippen LogP contribution in [0.4, 0.5) is 5.69 Å². The molecule has 0 aromatic heterocycles. The van der Waals surface area contributed by atoms with Gasteiger partial charge in [-0.25, -0.2) is 0 Å². The molecule has 1 aromatic carbocycles. The first-order chi connectivity index (χ1) is 14.1. The fourth-order valence-corrected chi connectivity index (χ4v) is 5.80. The molecule has 3 amide bonds. The number of fused-ring (bicyclic) bond motifs is 5. The summed E-state index contributed by atoms with van der Waals surface area (Å²) in [7, 11) is 0. The second-order valence-corrected chi connectivity index (χ2v) is 9.83. The van der Waals surface area contributed by atoms with Gasteiger partial charge in [0.15, 0.2) is 0 Å². The molecule has 6 nitrogen and oxygen atoms in total. The van der Waals surface area contributed by atoms with Gasteiger partial charge in [-0.15, -0.1) is 6.58 Å². The van der Waals surface area contributed by atoms with Gasteiger partial charge in [0.05, 0.1) is 0 Å². The van der Waals surface area contributed by atoms with E-state index < -0.39 is 29.1 Å². The predicted molar refractivity (Wildman–Crippen MR) is 116 cm³/mol. The monoisotopic (exact) mass is 409 g/mol. The normalized spacial score (nSPS) is 30.1. The van der Waals surface area contributed by atoms with Crippen molar-refractivity contribution >= 4 is 23.4 Å². The Hall–Kier alpha value is -2.63. The van der Waals surface area contributed by atoms with E-state index >= 15 is 0 Å². The van der Waals surface area contributed by atoms with Crippen LogP contribution in [0.15, 0.2) is 36.9 Å². The summed E-state index contributed by atoms with van der Waals surface area (Å²) in [6.07, 6.45) is 2.39. The Kier molecular flexibility index (Phi) is 4.60. The van der Waals surface area contributed by atoms with Gasteiger partial charge in [-0.05, 0) is 35.8 Å². The summed E-state index contributed by atoms with van der Waals surface area (Å²) in [5.74, 6) is -0.0968. The Morgan fingerprint density at radius 3 is 2.60 bits per heavy atom. The Morgan fingerprint density at radius 1 is 1.33 bits per heavy atom. The number of allylic oxidation sites excluding steroid dienone is 1. The molecule has 0 radical (unpaired) electrons. The SMILES string of the molecule is C=CC(C)(C)C12CC3C(=O)NC(CC(C)C)C(=O)N3C1N(C(C)=O)c1ccccc12. The van der Waals surface area contributed by atoms with Crippen molar-refractivity contribution in [3.63, 3.8) is 0 Å². The standard InChI is InChI=1S/C24H31N3O3/c1-7-23(5,6)24-13-19-20(29)25-17(12-14(2)3)21(30)27(19)22(24)26(15(4)28)18-11-9-8-10-16(18)24/h7-11,14,17,19,22H,1,12-13H2,2-6H3,(H,25,29). The van der Waals surface area contributed by atoms with Crippen molar-refractivity contribution in [2.24, 2.45) is 11.3 Å². The molecule has 2 saturated heterocycles. The molecule has 3 aliphatic heterocycles. The van der Waals surface area contributed by atoms with Crippen LogP contribution in [0.1, 0.15) is 53.0 Å². The highest BCUT2D eigenvalue weighted by molar-refractivity contribution is 6.02. The van der Waals surface area contributed by atoms with E-state index in [2.05, 4.69) is 25.7 Å². The van der Waals surface area contributed by atoms with Gasteiger partial charge >= 0.3 is 0 Å². The molecule has 2 fully saturated rings. The number of amides is 3. The minimum absolute atomic E-state index is 0.0981. The topological polar surface area (TPSA) is 69.7 Å². The van der Waals surface area contributed by atoms with Crippen LogP contribution in [0.2, 0.25) is 0 Å². The van der Waals surface area contributed by atoms with Gasteiger partial charge in [-0.1, -0.05) is 52.0 Å². The lowest BCUT2D eigenvalue weighted by atomic mass is 9.60. The lowest BCUT2D eigenvalue weighted by Gasteiger charge is -2.46. The molecule has 30 heavy (non-hydrogen) atoms. The van der Waals surface area contributed by atoms with Crippen molar-refractivity contribution < 1.29 is 14.4 Å². The molecule has 3 heterocycles. The van der Waals surface area contributed by atoms with E-state index in [1.165, 1.54) is 6.92 Å². The molecule has 1 aromatic rings. The number of rotatable bonds is 4. The van der Waals surface area contributed by atoms with E-state index in [9.17, 15) is 14.4 Å². The first-order valence-electron chi connectivity index (χ1n) is 10.7. The zero-order chi connectivity index (χ0) is 22.0. The Labute approximate surface area is 178 Å². The molecule has 1 N–H and O–H groups in total. The number of para-hydroxylation sites is 1. The lowest BCUT2D eigenvalue weighted by molar-refractivity contribution is -0.150. The van der Waals surface area contributed by atoms with Gasteiger partial charge in [0.25, 0.3) is 0 Å². The molecule has 4 unspecified atom stereocenters. The van der Waals surface area contributed by atoms with E-state index in [1.807, 2.05) is 44.2 Å². The lowest BCUT2D eigenvalue weighted by Crippen LogP contribution is -2.66. The number of piperazine rings is 1. The highest BCUT2D eigenvalue weighted by atomic mass is 16.2. The second kappa shape index (κ2) is 6.69. The predicted octanol–water partition coefficient (Wildman–Crippen LogP) is 2.97. The largest absolute Gasteiger partial charge is 0.342 e. The summed E-state index contributed by atoms with van der Waals surface area (Å²) >= 11 is 0. The minimum atomic E-state index is -0.610. The van der Waals surface area contributed by atoms with Crippen LogP contribution in [-0.2, 0) is 19.8 Å². The third-order valence-corrected chi connectivity index (χ3v) is 7.32. The number of anilines is 1. The van der Waals surface area contributed by atoms with Crippen LogP contribution in [0.25, 0.3) is 0 Å². The van der Waals surface area contributed by atoms with E-state index in [0.29, 0.717) is 12.8 Å². The molecule has 160 valence electrons. The summed E-state index contributed by atoms with van der Waals surface area (Å²) in [4.78, 5) is 43.1. The van der Waals surface area contributed by atoms with E-state index in [0.717, 1.165) is 11.3 Å². The highest BCUT2D eigenvalue weighted by Crippen LogP contribution is 2.62. The van der Waals surface area contributed by atoms with Gasteiger partial charge in [0, 0.05) is 18.0 Å². The molecule has 0 bridgehead atoms. The Bertz CT molecular complexity index is 937. The van der Waals surface area contributed by atoms with E-state index in [-0.39, 0.29) is 23.6 Å². The van der Waals surface area contributed by atoms with E-state index in [1.54, 1.807) is 9.80 Å². The summed E-state index contributed by atoms with van der Waals surface area (Å²) in [5, 5.41) is 2.95. The van der Waals surface area contributed by atoms with Crippen LogP contribution in [-0.4, -0.2) is 40.9 Å². The molecular weight excluding hydrogens is 378 g/mol. The smallest absolute Gasteiger partial charge is 0.247 e. The van der Waals surface area contributed by atoms with Gasteiger partial charge < -0.3 is 10.2 Å². The molecule has 4 rings (SSSR count). The number of hydrogen-bond donors (Lipinski definition) is 1. The van der Waals surface area contributed by atoms with Gasteiger partial charge in [-0.3, -0.25) is 19.3 Å². The van der Waals surface area contributed by atoms with Crippen molar-refractivity contribution in [1.29, 1.82) is 0 Å². The van der Waals surface area contributed by atoms with Crippen LogP contribution >= 0.6 is 0 Å². The highest BCUT2D eigenvalue weighted by Gasteiger charge is 2.69. The third kappa shape index (κ3) is 2.52.